The smallest absolute Gasteiger partial charge is 0.229 e. The van der Waals surface area contributed by atoms with Gasteiger partial charge in [0.1, 0.15) is 0 Å². The molecule has 7 heteroatoms. The highest BCUT2D eigenvalue weighted by molar-refractivity contribution is 5.93. The molecule has 1 unspecified atom stereocenters. The van der Waals surface area contributed by atoms with Crippen LogP contribution in [0.1, 0.15) is 18.4 Å². The highest BCUT2D eigenvalue weighted by atomic mass is 19.2. The van der Waals surface area contributed by atoms with Crippen LogP contribution in [0.25, 0.3) is 11.3 Å². The topological polar surface area (TPSA) is 58.1 Å². The Kier molecular flexibility index (Phi) is 5.70. The van der Waals surface area contributed by atoms with E-state index in [-0.39, 0.29) is 17.5 Å². The van der Waals surface area contributed by atoms with Gasteiger partial charge in [0.15, 0.2) is 17.5 Å². The monoisotopic (exact) mass is 408 g/mol. The van der Waals surface area contributed by atoms with Gasteiger partial charge in [0.25, 0.3) is 0 Å². The molecule has 1 aliphatic heterocycles. The zero-order valence-corrected chi connectivity index (χ0v) is 16.6. The van der Waals surface area contributed by atoms with Crippen LogP contribution in [0.4, 0.5) is 20.3 Å². The summed E-state index contributed by atoms with van der Waals surface area (Å²) >= 11 is 0. The van der Waals surface area contributed by atoms with Crippen molar-refractivity contribution >= 4 is 17.4 Å². The van der Waals surface area contributed by atoms with E-state index in [1.165, 1.54) is 6.07 Å². The van der Waals surface area contributed by atoms with Crippen molar-refractivity contribution in [2.24, 2.45) is 5.92 Å². The van der Waals surface area contributed by atoms with Crippen molar-refractivity contribution in [3.63, 3.8) is 0 Å². The Morgan fingerprint density at radius 1 is 1.07 bits per heavy atom. The van der Waals surface area contributed by atoms with Gasteiger partial charge in [-0.15, -0.1) is 10.2 Å². The molecule has 0 spiro atoms. The maximum atomic E-state index is 13.4. The number of piperidine rings is 1. The average molecular weight is 408 g/mol. The van der Waals surface area contributed by atoms with E-state index in [0.717, 1.165) is 54.2 Å². The highest BCUT2D eigenvalue weighted by Gasteiger charge is 2.27. The van der Waals surface area contributed by atoms with Crippen molar-refractivity contribution in [2.45, 2.75) is 19.8 Å². The average Bonchev–Trinajstić information content (AvgIpc) is 2.77. The van der Waals surface area contributed by atoms with Gasteiger partial charge in [0.2, 0.25) is 5.91 Å². The zero-order chi connectivity index (χ0) is 21.1. The molecule has 0 bridgehead atoms. The van der Waals surface area contributed by atoms with Crippen molar-refractivity contribution in [3.8, 4) is 11.3 Å². The largest absolute Gasteiger partial charge is 0.354 e. The Morgan fingerprint density at radius 3 is 2.63 bits per heavy atom. The normalized spacial score (nSPS) is 16.4. The molecule has 2 heterocycles. The number of hydrogen-bond donors (Lipinski definition) is 1. The molecule has 1 aliphatic rings. The number of amides is 1. The van der Waals surface area contributed by atoms with Crippen LogP contribution in [-0.2, 0) is 4.79 Å². The second kappa shape index (κ2) is 8.57. The van der Waals surface area contributed by atoms with Gasteiger partial charge in [-0.05, 0) is 49.6 Å². The van der Waals surface area contributed by atoms with E-state index < -0.39 is 11.6 Å². The lowest BCUT2D eigenvalue weighted by Gasteiger charge is -2.32. The highest BCUT2D eigenvalue weighted by Crippen LogP contribution is 2.25. The van der Waals surface area contributed by atoms with E-state index in [4.69, 9.17) is 0 Å². The summed E-state index contributed by atoms with van der Waals surface area (Å²) in [7, 11) is 0. The van der Waals surface area contributed by atoms with E-state index in [0.29, 0.717) is 6.54 Å². The molecule has 4 rings (SSSR count). The molecule has 1 saturated heterocycles. The summed E-state index contributed by atoms with van der Waals surface area (Å²) in [4.78, 5) is 14.7. The van der Waals surface area contributed by atoms with Gasteiger partial charge in [-0.2, -0.15) is 0 Å². The molecule has 1 fully saturated rings. The van der Waals surface area contributed by atoms with E-state index in [1.807, 2.05) is 48.2 Å². The molecule has 3 aromatic rings. The Morgan fingerprint density at radius 2 is 1.90 bits per heavy atom. The third-order valence-electron chi connectivity index (χ3n) is 5.37. The quantitative estimate of drug-likeness (QED) is 0.686. The summed E-state index contributed by atoms with van der Waals surface area (Å²) in [6.07, 6.45) is 1.55. The van der Waals surface area contributed by atoms with Crippen LogP contribution in [0.5, 0.6) is 0 Å². The lowest BCUT2D eigenvalue weighted by molar-refractivity contribution is -0.120. The van der Waals surface area contributed by atoms with Gasteiger partial charge >= 0.3 is 0 Å². The Labute approximate surface area is 173 Å². The predicted molar refractivity (Wildman–Crippen MR) is 112 cm³/mol. The number of aromatic nitrogens is 2. The third kappa shape index (κ3) is 4.30. The first-order chi connectivity index (χ1) is 14.5. The Hall–Kier alpha value is -3.35. The summed E-state index contributed by atoms with van der Waals surface area (Å²) in [5.74, 6) is -1.69. The standard InChI is InChI=1S/C23H22F2N4O/c1-15-5-2-3-7-18(15)21-10-11-22(28-27-21)29-12-4-6-16(14-29)23(30)26-17-8-9-19(24)20(25)13-17/h2-3,5,7-11,13,16H,4,6,12,14H2,1H3,(H,26,30). The number of nitrogens with zero attached hydrogens (tertiary/aromatic N) is 3. The van der Waals surface area contributed by atoms with E-state index in [9.17, 15) is 13.6 Å². The minimum Gasteiger partial charge on any atom is -0.354 e. The Balaban J connectivity index is 1.44. The molecule has 1 atom stereocenters. The molecular weight excluding hydrogens is 386 g/mol. The van der Waals surface area contributed by atoms with Gasteiger partial charge in [-0.1, -0.05) is 24.3 Å². The first kappa shape index (κ1) is 19.9. The third-order valence-corrected chi connectivity index (χ3v) is 5.37. The van der Waals surface area contributed by atoms with Crippen LogP contribution in [0.2, 0.25) is 0 Å². The number of halogens is 2. The molecule has 1 N–H and O–H groups in total. The van der Waals surface area contributed by atoms with Crippen molar-refractivity contribution < 1.29 is 13.6 Å². The number of anilines is 2. The number of benzene rings is 2. The molecule has 2 aromatic carbocycles. The van der Waals surface area contributed by atoms with Gasteiger partial charge in [-0.3, -0.25) is 4.79 Å². The van der Waals surface area contributed by atoms with Crippen LogP contribution in [0.15, 0.2) is 54.6 Å². The van der Waals surface area contributed by atoms with Crippen molar-refractivity contribution in [1.82, 2.24) is 10.2 Å². The molecule has 5 nitrogen and oxygen atoms in total. The fourth-order valence-electron chi connectivity index (χ4n) is 3.72. The summed E-state index contributed by atoms with van der Waals surface area (Å²) in [6.45, 7) is 3.31. The molecular formula is C23H22F2N4O. The SMILES string of the molecule is Cc1ccccc1-c1ccc(N2CCCC(C(=O)Nc3ccc(F)c(F)c3)C2)nn1. The van der Waals surface area contributed by atoms with Gasteiger partial charge in [0.05, 0.1) is 11.6 Å². The number of hydrogen-bond acceptors (Lipinski definition) is 4. The summed E-state index contributed by atoms with van der Waals surface area (Å²) in [5.41, 5.74) is 3.23. The lowest BCUT2D eigenvalue weighted by atomic mass is 9.97. The molecule has 1 amide bonds. The molecule has 0 aliphatic carbocycles. The van der Waals surface area contributed by atoms with Crippen molar-refractivity contribution in [1.29, 1.82) is 0 Å². The lowest BCUT2D eigenvalue weighted by Crippen LogP contribution is -2.41. The fourth-order valence-corrected chi connectivity index (χ4v) is 3.72. The summed E-state index contributed by atoms with van der Waals surface area (Å²) in [6, 6.07) is 15.2. The van der Waals surface area contributed by atoms with Gasteiger partial charge in [0, 0.05) is 30.4 Å². The molecule has 154 valence electrons. The second-order valence-electron chi connectivity index (χ2n) is 7.50. The Bertz CT molecular complexity index is 1060. The van der Waals surface area contributed by atoms with E-state index in [2.05, 4.69) is 15.5 Å². The fraction of sp³-hybridized carbons (Fsp3) is 0.261. The number of nitrogens with one attached hydrogen (secondary N) is 1. The van der Waals surface area contributed by atoms with Crippen LogP contribution >= 0.6 is 0 Å². The van der Waals surface area contributed by atoms with Crippen LogP contribution in [0.3, 0.4) is 0 Å². The molecule has 1 aromatic heterocycles. The van der Waals surface area contributed by atoms with Crippen LogP contribution < -0.4 is 10.2 Å². The van der Waals surface area contributed by atoms with Gasteiger partial charge < -0.3 is 10.2 Å². The zero-order valence-electron chi connectivity index (χ0n) is 16.6. The minimum absolute atomic E-state index is 0.213. The van der Waals surface area contributed by atoms with Crippen molar-refractivity contribution in [3.05, 3.63) is 71.8 Å². The molecule has 30 heavy (non-hydrogen) atoms. The number of rotatable bonds is 4. The second-order valence-corrected chi connectivity index (χ2v) is 7.50. The van der Waals surface area contributed by atoms with Crippen LogP contribution in [-0.4, -0.2) is 29.2 Å². The predicted octanol–water partition coefficient (Wildman–Crippen LogP) is 4.59. The van der Waals surface area contributed by atoms with Crippen molar-refractivity contribution in [2.75, 3.05) is 23.3 Å². The van der Waals surface area contributed by atoms with Gasteiger partial charge in [-0.25, -0.2) is 8.78 Å². The van der Waals surface area contributed by atoms with E-state index >= 15 is 0 Å². The maximum absolute atomic E-state index is 13.4. The molecule has 0 saturated carbocycles. The van der Waals surface area contributed by atoms with E-state index in [1.54, 1.807) is 0 Å². The first-order valence-corrected chi connectivity index (χ1v) is 9.92. The molecule has 0 radical (unpaired) electrons. The summed E-state index contributed by atoms with van der Waals surface area (Å²) < 4.78 is 26.5. The number of aryl methyl sites for hydroxylation is 1. The first-order valence-electron chi connectivity index (χ1n) is 9.92. The maximum Gasteiger partial charge on any atom is 0.229 e. The number of carbonyl (C=O) groups is 1. The summed E-state index contributed by atoms with van der Waals surface area (Å²) in [5, 5.41) is 11.4. The van der Waals surface area contributed by atoms with Crippen LogP contribution in [0, 0.1) is 24.5 Å². The minimum atomic E-state index is -0.984. The number of carbonyl (C=O) groups excluding carboxylic acids is 1.